The number of fused-ring (bicyclic) bond motifs is 1. The summed E-state index contributed by atoms with van der Waals surface area (Å²) in [4.78, 5) is 15.6. The maximum Gasteiger partial charge on any atom is 0.273 e. The first kappa shape index (κ1) is 16.7. The Morgan fingerprint density at radius 2 is 2.12 bits per heavy atom. The predicted octanol–water partition coefficient (Wildman–Crippen LogP) is 4.63. The molecule has 0 fully saturated rings. The number of aromatic amines is 2. The molecule has 0 saturated heterocycles. The molecule has 3 aromatic rings. The van der Waals surface area contributed by atoms with Crippen LogP contribution in [0, 0.1) is 0 Å². The number of H-pyrrole nitrogens is 2. The van der Waals surface area contributed by atoms with Crippen molar-refractivity contribution in [3.63, 3.8) is 0 Å². The van der Waals surface area contributed by atoms with E-state index in [2.05, 4.69) is 46.9 Å². The van der Waals surface area contributed by atoms with Crippen LogP contribution < -0.4 is 5.56 Å². The van der Waals surface area contributed by atoms with E-state index in [0.29, 0.717) is 11.3 Å². The number of nitrogens with one attached hydrogen (secondary N) is 2. The van der Waals surface area contributed by atoms with Gasteiger partial charge in [-0.25, -0.2) is 5.10 Å². The number of hydrogen-bond acceptors (Lipinski definition) is 2. The standard InChI is InChI=1S/C21H21N3O/c1-4-7-15(8-5-2)19-13-17(21(25)24-23-19)20-12-16-11-14(6-3)9-10-18(16)22-20/h4-5,7-13,22H,1,6H2,2-3H3,(H,24,25)/b8-5-,15-7+. The zero-order chi connectivity index (χ0) is 17.8. The van der Waals surface area contributed by atoms with Gasteiger partial charge in [0.25, 0.3) is 5.56 Å². The maximum atomic E-state index is 12.3. The van der Waals surface area contributed by atoms with Crippen LogP contribution in [0.25, 0.3) is 27.7 Å². The number of aromatic nitrogens is 3. The molecule has 2 N–H and O–H groups in total. The van der Waals surface area contributed by atoms with Crippen molar-refractivity contribution in [3.05, 3.63) is 82.8 Å². The molecule has 2 aromatic heterocycles. The van der Waals surface area contributed by atoms with Gasteiger partial charge in [0, 0.05) is 16.5 Å². The Bertz CT molecular complexity index is 1030. The minimum Gasteiger partial charge on any atom is -0.354 e. The quantitative estimate of drug-likeness (QED) is 0.670. The average Bonchev–Trinajstić information content (AvgIpc) is 3.04. The summed E-state index contributed by atoms with van der Waals surface area (Å²) in [7, 11) is 0. The molecule has 126 valence electrons. The lowest BCUT2D eigenvalue weighted by Gasteiger charge is -2.03. The molecule has 0 spiro atoms. The summed E-state index contributed by atoms with van der Waals surface area (Å²) >= 11 is 0. The molecule has 0 aliphatic heterocycles. The van der Waals surface area contributed by atoms with Crippen LogP contribution >= 0.6 is 0 Å². The minimum atomic E-state index is -0.218. The molecule has 4 nitrogen and oxygen atoms in total. The van der Waals surface area contributed by atoms with Crippen molar-refractivity contribution in [2.24, 2.45) is 0 Å². The Morgan fingerprint density at radius 3 is 2.84 bits per heavy atom. The van der Waals surface area contributed by atoms with E-state index in [-0.39, 0.29) is 5.56 Å². The van der Waals surface area contributed by atoms with E-state index in [1.54, 1.807) is 12.1 Å². The van der Waals surface area contributed by atoms with Gasteiger partial charge in [-0.3, -0.25) is 4.79 Å². The van der Waals surface area contributed by atoms with Crippen LogP contribution in [-0.4, -0.2) is 15.2 Å². The molecule has 0 radical (unpaired) electrons. The molecular formula is C21H21N3O. The van der Waals surface area contributed by atoms with E-state index >= 15 is 0 Å². The van der Waals surface area contributed by atoms with Gasteiger partial charge < -0.3 is 4.98 Å². The van der Waals surface area contributed by atoms with Gasteiger partial charge in [0.15, 0.2) is 0 Å². The molecule has 0 saturated carbocycles. The van der Waals surface area contributed by atoms with Crippen LogP contribution in [0.1, 0.15) is 25.1 Å². The fourth-order valence-corrected chi connectivity index (χ4v) is 2.83. The van der Waals surface area contributed by atoms with E-state index in [4.69, 9.17) is 0 Å². The predicted molar refractivity (Wildman–Crippen MR) is 105 cm³/mol. The molecule has 0 aliphatic rings. The highest BCUT2D eigenvalue weighted by atomic mass is 16.1. The van der Waals surface area contributed by atoms with Crippen molar-refractivity contribution in [1.82, 2.24) is 15.2 Å². The Labute approximate surface area is 146 Å². The van der Waals surface area contributed by atoms with Crippen LogP contribution in [0.15, 0.2) is 66.0 Å². The third-order valence-corrected chi connectivity index (χ3v) is 4.13. The molecule has 0 atom stereocenters. The van der Waals surface area contributed by atoms with Gasteiger partial charge in [-0.05, 0) is 43.2 Å². The minimum absolute atomic E-state index is 0.218. The van der Waals surface area contributed by atoms with Crippen molar-refractivity contribution in [3.8, 4) is 11.3 Å². The first-order valence-corrected chi connectivity index (χ1v) is 8.33. The Morgan fingerprint density at radius 1 is 1.28 bits per heavy atom. The fourth-order valence-electron chi connectivity index (χ4n) is 2.83. The zero-order valence-electron chi connectivity index (χ0n) is 14.5. The second-order valence-corrected chi connectivity index (χ2v) is 5.81. The van der Waals surface area contributed by atoms with Crippen molar-refractivity contribution >= 4 is 16.5 Å². The third-order valence-electron chi connectivity index (χ3n) is 4.13. The third kappa shape index (κ3) is 3.38. The summed E-state index contributed by atoms with van der Waals surface area (Å²) in [5, 5.41) is 7.86. The van der Waals surface area contributed by atoms with Gasteiger partial charge in [0.05, 0.1) is 17.0 Å². The van der Waals surface area contributed by atoms with E-state index in [9.17, 15) is 4.79 Å². The second-order valence-electron chi connectivity index (χ2n) is 5.81. The van der Waals surface area contributed by atoms with Crippen LogP contribution in [-0.2, 0) is 6.42 Å². The topological polar surface area (TPSA) is 61.5 Å². The number of benzene rings is 1. The van der Waals surface area contributed by atoms with Crippen molar-refractivity contribution in [1.29, 1.82) is 0 Å². The molecule has 2 heterocycles. The van der Waals surface area contributed by atoms with Crippen molar-refractivity contribution in [2.45, 2.75) is 20.3 Å². The summed E-state index contributed by atoms with van der Waals surface area (Å²) in [5.41, 5.74) is 5.00. The van der Waals surface area contributed by atoms with Gasteiger partial charge in [0.1, 0.15) is 0 Å². The summed E-state index contributed by atoms with van der Waals surface area (Å²) in [6.07, 6.45) is 8.41. The van der Waals surface area contributed by atoms with E-state index < -0.39 is 0 Å². The van der Waals surface area contributed by atoms with Gasteiger partial charge in [-0.2, -0.15) is 5.10 Å². The van der Waals surface area contributed by atoms with E-state index in [0.717, 1.165) is 28.6 Å². The summed E-state index contributed by atoms with van der Waals surface area (Å²) < 4.78 is 0. The molecule has 0 aliphatic carbocycles. The van der Waals surface area contributed by atoms with E-state index in [1.165, 1.54) is 5.56 Å². The summed E-state index contributed by atoms with van der Waals surface area (Å²) in [5.74, 6) is 0. The van der Waals surface area contributed by atoms with Crippen LogP contribution in [0.5, 0.6) is 0 Å². The van der Waals surface area contributed by atoms with Crippen molar-refractivity contribution in [2.75, 3.05) is 0 Å². The van der Waals surface area contributed by atoms with Gasteiger partial charge in [-0.1, -0.05) is 43.9 Å². The Hall–Kier alpha value is -3.14. The second kappa shape index (κ2) is 7.18. The lowest BCUT2D eigenvalue weighted by Crippen LogP contribution is -2.12. The average molecular weight is 331 g/mol. The van der Waals surface area contributed by atoms with Gasteiger partial charge in [0.2, 0.25) is 0 Å². The molecule has 1 aromatic carbocycles. The largest absolute Gasteiger partial charge is 0.354 e. The lowest BCUT2D eigenvalue weighted by molar-refractivity contribution is 0.974. The normalized spacial score (nSPS) is 12.2. The monoisotopic (exact) mass is 331 g/mol. The fraction of sp³-hybridized carbons (Fsp3) is 0.143. The first-order valence-electron chi connectivity index (χ1n) is 8.33. The molecule has 3 rings (SSSR count). The van der Waals surface area contributed by atoms with Crippen LogP contribution in [0.2, 0.25) is 0 Å². The number of nitrogens with zero attached hydrogens (tertiary/aromatic N) is 1. The highest BCUT2D eigenvalue weighted by Crippen LogP contribution is 2.24. The highest BCUT2D eigenvalue weighted by Gasteiger charge is 2.11. The van der Waals surface area contributed by atoms with E-state index in [1.807, 2.05) is 31.2 Å². The Kier molecular flexibility index (Phi) is 4.80. The molecule has 25 heavy (non-hydrogen) atoms. The smallest absolute Gasteiger partial charge is 0.273 e. The van der Waals surface area contributed by atoms with Crippen molar-refractivity contribution < 1.29 is 0 Å². The zero-order valence-corrected chi connectivity index (χ0v) is 14.5. The number of aryl methyl sites for hydroxylation is 1. The lowest BCUT2D eigenvalue weighted by atomic mass is 10.1. The molecule has 0 bridgehead atoms. The number of hydrogen-bond donors (Lipinski definition) is 2. The Balaban J connectivity index is 2.13. The molecule has 4 heteroatoms. The SMILES string of the molecule is C=C/C=C(\C=C/C)c1cc(-c2cc3cc(CC)ccc3[nH]2)c(=O)[nH]n1. The van der Waals surface area contributed by atoms with Crippen LogP contribution in [0.4, 0.5) is 0 Å². The summed E-state index contributed by atoms with van der Waals surface area (Å²) in [6, 6.07) is 10.1. The maximum absolute atomic E-state index is 12.3. The molecule has 0 unspecified atom stereocenters. The first-order chi connectivity index (χ1) is 12.2. The molecular weight excluding hydrogens is 310 g/mol. The number of allylic oxidation sites excluding steroid dienone is 5. The van der Waals surface area contributed by atoms with Gasteiger partial charge >= 0.3 is 0 Å². The molecule has 0 amide bonds. The van der Waals surface area contributed by atoms with Crippen LogP contribution in [0.3, 0.4) is 0 Å². The van der Waals surface area contributed by atoms with Gasteiger partial charge in [-0.15, -0.1) is 0 Å². The highest BCUT2D eigenvalue weighted by molar-refractivity contribution is 5.87. The number of rotatable bonds is 5. The summed E-state index contributed by atoms with van der Waals surface area (Å²) in [6.45, 7) is 7.80.